The van der Waals surface area contributed by atoms with Crippen molar-refractivity contribution in [2.75, 3.05) is 0 Å². The Bertz CT molecular complexity index is 413. The molecular formula is C23H44SiZr2. The zero-order valence-corrected chi connectivity index (χ0v) is 24.3. The Hall–Kier alpha value is 1.20. The van der Waals surface area contributed by atoms with Crippen LogP contribution in [0.3, 0.4) is 0 Å². The van der Waals surface area contributed by atoms with Gasteiger partial charge in [0.1, 0.15) is 0 Å². The zero-order valence-electron chi connectivity index (χ0n) is 18.4. The Morgan fingerprint density at radius 2 is 0.962 bits per heavy atom. The van der Waals surface area contributed by atoms with Crippen LogP contribution < -0.4 is 5.19 Å². The minimum atomic E-state index is -1.35. The second-order valence-corrected chi connectivity index (χ2v) is 54.0. The maximum atomic E-state index is 2.95. The van der Waals surface area contributed by atoms with E-state index in [0.717, 1.165) is 0 Å². The van der Waals surface area contributed by atoms with Crippen LogP contribution in [0, 0.1) is 0 Å². The summed E-state index contributed by atoms with van der Waals surface area (Å²) in [5.41, 5.74) is 0. The van der Waals surface area contributed by atoms with Gasteiger partial charge in [-0.3, -0.25) is 0 Å². The molecule has 0 bridgehead atoms. The standard InChI is InChI=1S/C7H8Si.4C4H9.2Zr/c1-8-7-5-3-2-4-6-7;4*1-3-4-2;;/h2-6H,1H3;4*1,3-4H2,2H3;;. The molecule has 3 heteroatoms. The molecule has 0 aromatic heterocycles. The Balaban J connectivity index is 3.26. The first-order valence-corrected chi connectivity index (χ1v) is 28.2. The van der Waals surface area contributed by atoms with Crippen molar-refractivity contribution in [3.63, 3.8) is 0 Å². The van der Waals surface area contributed by atoms with Gasteiger partial charge in [0.15, 0.2) is 0 Å². The van der Waals surface area contributed by atoms with Crippen molar-refractivity contribution < 1.29 is 41.8 Å². The number of benzene rings is 1. The summed E-state index contributed by atoms with van der Waals surface area (Å²) >= 11 is -2.69. The molecule has 0 nitrogen and oxygen atoms in total. The van der Waals surface area contributed by atoms with Crippen LogP contribution in [0.15, 0.2) is 30.3 Å². The Morgan fingerprint density at radius 3 is 1.27 bits per heavy atom. The summed E-state index contributed by atoms with van der Waals surface area (Å²) in [6.45, 7) is 12.6. The third kappa shape index (κ3) is 7.91. The molecule has 1 rings (SSSR count). The van der Waals surface area contributed by atoms with E-state index in [1.54, 1.807) is 16.5 Å². The van der Waals surface area contributed by atoms with Crippen LogP contribution in [0.4, 0.5) is 0 Å². The molecule has 0 radical (unpaired) electrons. The van der Waals surface area contributed by atoms with E-state index in [-0.39, 0.29) is 0 Å². The normalized spacial score (nSPS) is 11.6. The van der Waals surface area contributed by atoms with E-state index in [4.69, 9.17) is 0 Å². The van der Waals surface area contributed by atoms with Crippen molar-refractivity contribution >= 4 is 7.51 Å². The first-order valence-electron chi connectivity index (χ1n) is 11.4. The molecule has 0 aliphatic heterocycles. The molecule has 0 N–H and O–H groups in total. The van der Waals surface area contributed by atoms with E-state index in [9.17, 15) is 0 Å². The van der Waals surface area contributed by atoms with Crippen LogP contribution in [0.25, 0.3) is 0 Å². The minimum absolute atomic E-state index is 1.14. The second-order valence-electron chi connectivity index (χ2n) is 8.11. The number of rotatable bonds is 15. The van der Waals surface area contributed by atoms with Gasteiger partial charge in [-0.1, -0.05) is 0 Å². The molecule has 148 valence electrons. The molecule has 0 fully saturated rings. The molecule has 1 aromatic carbocycles. The van der Waals surface area contributed by atoms with E-state index in [0.29, 0.717) is 0 Å². The first-order chi connectivity index (χ1) is 12.6. The van der Waals surface area contributed by atoms with Crippen LogP contribution in [0.5, 0.6) is 0 Å². The molecule has 1 aromatic rings. The molecule has 0 atom stereocenters. The number of hydrogen-bond acceptors (Lipinski definition) is 0. The maximum absolute atomic E-state index is 2.95. The third-order valence-electron chi connectivity index (χ3n) is 6.09. The first kappa shape index (κ1) is 25.2. The van der Waals surface area contributed by atoms with Gasteiger partial charge in [0.2, 0.25) is 0 Å². The predicted octanol–water partition coefficient (Wildman–Crippen LogP) is 8.08. The molecule has 0 saturated heterocycles. The predicted molar refractivity (Wildman–Crippen MR) is 117 cm³/mol. The summed E-state index contributed by atoms with van der Waals surface area (Å²) in [4.78, 5) is 0. The van der Waals surface area contributed by atoms with E-state index in [1.807, 2.05) is 5.19 Å². The SMILES string of the molecule is CCC[CH2][Zr]([CH2]CCC)[Si](C)(c1ccccc1)[Zr]([CH2]CCC)[CH2]CCC. The van der Waals surface area contributed by atoms with E-state index in [1.165, 1.54) is 51.4 Å². The van der Waals surface area contributed by atoms with Gasteiger partial charge in [0, 0.05) is 0 Å². The molecule has 0 amide bonds. The van der Waals surface area contributed by atoms with Gasteiger partial charge in [0.05, 0.1) is 0 Å². The summed E-state index contributed by atoms with van der Waals surface area (Å²) in [7, 11) is 0. The van der Waals surface area contributed by atoms with E-state index < -0.39 is 44.1 Å². The van der Waals surface area contributed by atoms with Gasteiger partial charge in [-0.25, -0.2) is 0 Å². The molecule has 0 aliphatic carbocycles. The monoisotopic (exact) mass is 528 g/mol. The fourth-order valence-electron chi connectivity index (χ4n) is 4.24. The van der Waals surface area contributed by atoms with Crippen LogP contribution in [-0.2, 0) is 41.8 Å². The number of hydrogen-bond donors (Lipinski definition) is 0. The Kier molecular flexibility index (Phi) is 14.7. The summed E-state index contributed by atoms with van der Waals surface area (Å²) in [6.07, 6.45) is 11.8. The van der Waals surface area contributed by atoms with Gasteiger partial charge in [0.25, 0.3) is 0 Å². The number of unbranched alkanes of at least 4 members (excludes halogenated alkanes) is 4. The van der Waals surface area contributed by atoms with E-state index >= 15 is 0 Å². The molecule has 0 heterocycles. The van der Waals surface area contributed by atoms with Crippen molar-refractivity contribution in [1.29, 1.82) is 0 Å². The third-order valence-corrected chi connectivity index (χ3v) is 81.7. The van der Waals surface area contributed by atoms with Gasteiger partial charge < -0.3 is 0 Å². The van der Waals surface area contributed by atoms with Gasteiger partial charge in [-0.05, 0) is 0 Å². The van der Waals surface area contributed by atoms with Crippen molar-refractivity contribution in [3.8, 4) is 0 Å². The molecule has 0 spiro atoms. The topological polar surface area (TPSA) is 0 Å². The van der Waals surface area contributed by atoms with Crippen molar-refractivity contribution in [2.24, 2.45) is 0 Å². The zero-order chi connectivity index (χ0) is 19.3. The molecule has 0 saturated carbocycles. The van der Waals surface area contributed by atoms with Crippen LogP contribution >= 0.6 is 0 Å². The average molecular weight is 531 g/mol. The van der Waals surface area contributed by atoms with Gasteiger partial charge in [-0.15, -0.1) is 0 Å². The second kappa shape index (κ2) is 15.1. The molecule has 0 unspecified atom stereocenters. The fourth-order valence-corrected chi connectivity index (χ4v) is 92.0. The fraction of sp³-hybridized carbons (Fsp3) is 0.739. The van der Waals surface area contributed by atoms with Crippen LogP contribution in [0.1, 0.15) is 79.1 Å². The molecular weight excluding hydrogens is 487 g/mol. The van der Waals surface area contributed by atoms with Crippen molar-refractivity contribution in [2.45, 2.75) is 102 Å². The summed E-state index contributed by atoms with van der Waals surface area (Å²) in [5.74, 6) is 0. The van der Waals surface area contributed by atoms with Crippen molar-refractivity contribution in [3.05, 3.63) is 30.3 Å². The van der Waals surface area contributed by atoms with E-state index in [2.05, 4.69) is 64.6 Å². The average Bonchev–Trinajstić information content (AvgIpc) is 2.68. The summed E-state index contributed by atoms with van der Waals surface area (Å²) < 4.78 is 5.69. The van der Waals surface area contributed by atoms with Gasteiger partial charge >= 0.3 is 182 Å². The van der Waals surface area contributed by atoms with Crippen molar-refractivity contribution in [1.82, 2.24) is 0 Å². The Labute approximate surface area is 180 Å². The van der Waals surface area contributed by atoms with Gasteiger partial charge in [-0.2, -0.15) is 0 Å². The quantitative estimate of drug-likeness (QED) is 0.201. The van der Waals surface area contributed by atoms with Crippen LogP contribution in [0.2, 0.25) is 23.1 Å². The summed E-state index contributed by atoms with van der Waals surface area (Å²) in [6, 6.07) is 12.1. The molecule has 0 aliphatic rings. The van der Waals surface area contributed by atoms with Crippen LogP contribution in [-0.4, -0.2) is 2.33 Å². The Morgan fingerprint density at radius 1 is 0.615 bits per heavy atom. The summed E-state index contributed by atoms with van der Waals surface area (Å²) in [5, 5.41) is 1.92. The molecule has 26 heavy (non-hydrogen) atoms.